The molecule has 0 aliphatic carbocycles. The van der Waals surface area contributed by atoms with Crippen molar-refractivity contribution in [3.05, 3.63) is 53.3 Å². The molecule has 2 atom stereocenters. The highest BCUT2D eigenvalue weighted by Crippen LogP contribution is 2.39. The number of nitrogens with two attached hydrogens (primary N) is 1. The van der Waals surface area contributed by atoms with Crippen molar-refractivity contribution < 1.29 is 31.6 Å². The van der Waals surface area contributed by atoms with Gasteiger partial charge >= 0.3 is 6.18 Å². The van der Waals surface area contributed by atoms with Crippen LogP contribution in [0.2, 0.25) is 0 Å². The van der Waals surface area contributed by atoms with E-state index in [1.165, 1.54) is 19.4 Å². The van der Waals surface area contributed by atoms with Gasteiger partial charge in [-0.3, -0.25) is 9.69 Å². The molecule has 1 saturated heterocycles. The number of pyridine rings is 1. The second kappa shape index (κ2) is 9.55. The number of hydrogen-bond acceptors (Lipinski definition) is 9. The molecule has 4 aromatic rings. The highest BCUT2D eigenvalue weighted by molar-refractivity contribution is 5.98. The number of ether oxygens (including phenoxy) is 1. The molecule has 200 valence electrons. The van der Waals surface area contributed by atoms with Crippen molar-refractivity contribution in [3.63, 3.8) is 0 Å². The molecule has 0 bridgehead atoms. The van der Waals surface area contributed by atoms with Gasteiger partial charge in [-0.2, -0.15) is 18.3 Å². The number of likely N-dealkylation sites (tertiary alicyclic amines) is 1. The molecule has 38 heavy (non-hydrogen) atoms. The van der Waals surface area contributed by atoms with E-state index >= 15 is 0 Å². The van der Waals surface area contributed by atoms with Crippen molar-refractivity contribution in [2.75, 3.05) is 25.9 Å². The van der Waals surface area contributed by atoms with E-state index in [0.29, 0.717) is 18.0 Å². The van der Waals surface area contributed by atoms with E-state index in [9.17, 15) is 22.4 Å². The summed E-state index contributed by atoms with van der Waals surface area (Å²) in [6.45, 7) is 2.38. The van der Waals surface area contributed by atoms with Gasteiger partial charge in [0.05, 0.1) is 30.1 Å². The lowest BCUT2D eigenvalue weighted by Gasteiger charge is -2.17. The van der Waals surface area contributed by atoms with Crippen LogP contribution in [0, 0.1) is 6.92 Å². The number of carbonyl (C=O) groups excluding carboxylic acids is 1. The van der Waals surface area contributed by atoms with Crippen LogP contribution in [0.15, 0.2) is 35.2 Å². The average Bonchev–Trinajstić information content (AvgIpc) is 3.56. The first kappa shape index (κ1) is 25.4. The first-order chi connectivity index (χ1) is 18.0. The summed E-state index contributed by atoms with van der Waals surface area (Å²) in [7, 11) is 1.29. The smallest absolute Gasteiger partial charge is 0.418 e. The van der Waals surface area contributed by atoms with Crippen molar-refractivity contribution in [1.29, 1.82) is 0 Å². The van der Waals surface area contributed by atoms with Gasteiger partial charge in [0.15, 0.2) is 5.82 Å². The first-order valence-electron chi connectivity index (χ1n) is 11.4. The molecule has 1 amide bonds. The topological polar surface area (TPSA) is 137 Å². The summed E-state index contributed by atoms with van der Waals surface area (Å²) >= 11 is 0. The molecule has 3 N–H and O–H groups in total. The van der Waals surface area contributed by atoms with Gasteiger partial charge in [-0.15, -0.1) is 0 Å². The quantitative estimate of drug-likeness (QED) is 0.358. The molecule has 0 radical (unpaired) electrons. The molecule has 0 saturated carbocycles. The molecule has 1 aliphatic rings. The van der Waals surface area contributed by atoms with Crippen LogP contribution in [0.25, 0.3) is 16.8 Å². The lowest BCUT2D eigenvalue weighted by molar-refractivity contribution is -0.136. The Hall–Kier alpha value is -4.27. The fraction of sp³-hybridized carbons (Fsp3) is 0.348. The van der Waals surface area contributed by atoms with Gasteiger partial charge in [0.2, 0.25) is 5.88 Å². The lowest BCUT2D eigenvalue weighted by Crippen LogP contribution is -2.41. The molecule has 5 heterocycles. The summed E-state index contributed by atoms with van der Waals surface area (Å²) in [5.41, 5.74) is 4.91. The predicted molar refractivity (Wildman–Crippen MR) is 125 cm³/mol. The SMILES string of the molecule is COc1ncc(-c2cc(C(F)(F)F)c3c(N)ncnn23)cc1C(=O)NC1CN(Cc2cc(C)on2)CC1F. The van der Waals surface area contributed by atoms with E-state index in [0.717, 1.165) is 16.9 Å². The van der Waals surface area contributed by atoms with Gasteiger partial charge in [-0.25, -0.2) is 18.9 Å². The molecular formula is C23H22F4N8O3. The van der Waals surface area contributed by atoms with Crippen LogP contribution in [0.5, 0.6) is 5.88 Å². The van der Waals surface area contributed by atoms with Crippen LogP contribution in [-0.4, -0.2) is 68.0 Å². The normalized spacial score (nSPS) is 18.3. The van der Waals surface area contributed by atoms with Gasteiger partial charge in [-0.1, -0.05) is 5.16 Å². The maximum absolute atomic E-state index is 14.8. The van der Waals surface area contributed by atoms with Crippen LogP contribution < -0.4 is 15.8 Å². The molecule has 2 unspecified atom stereocenters. The minimum atomic E-state index is -4.74. The van der Waals surface area contributed by atoms with Crippen LogP contribution in [0.3, 0.4) is 0 Å². The zero-order valence-corrected chi connectivity index (χ0v) is 20.2. The third-order valence-electron chi connectivity index (χ3n) is 6.18. The number of halogens is 4. The Morgan fingerprint density at radius 2 is 2.05 bits per heavy atom. The Labute approximate surface area is 212 Å². The minimum absolute atomic E-state index is 0.0241. The number of aryl methyl sites for hydroxylation is 1. The molecule has 1 aliphatic heterocycles. The van der Waals surface area contributed by atoms with E-state index in [2.05, 4.69) is 25.5 Å². The summed E-state index contributed by atoms with van der Waals surface area (Å²) in [5, 5.41) is 10.5. The number of hydrogen-bond donors (Lipinski definition) is 2. The summed E-state index contributed by atoms with van der Waals surface area (Å²) in [6.07, 6.45) is -3.84. The number of anilines is 1. The molecule has 11 nitrogen and oxygen atoms in total. The van der Waals surface area contributed by atoms with E-state index < -0.39 is 35.4 Å². The number of amides is 1. The fourth-order valence-corrected chi connectivity index (χ4v) is 4.48. The maximum Gasteiger partial charge on any atom is 0.418 e. The summed E-state index contributed by atoms with van der Waals surface area (Å²) in [4.78, 5) is 22.7. The van der Waals surface area contributed by atoms with Gasteiger partial charge < -0.3 is 20.3 Å². The van der Waals surface area contributed by atoms with Crippen molar-refractivity contribution in [2.24, 2.45) is 0 Å². The van der Waals surface area contributed by atoms with E-state index in [1.54, 1.807) is 17.9 Å². The Balaban J connectivity index is 1.43. The Morgan fingerprint density at radius 3 is 2.74 bits per heavy atom. The van der Waals surface area contributed by atoms with Gasteiger partial charge in [0, 0.05) is 37.5 Å². The van der Waals surface area contributed by atoms with Gasteiger partial charge in [0.25, 0.3) is 5.91 Å². The number of methoxy groups -OCH3 is 1. The zero-order chi connectivity index (χ0) is 27.2. The number of aromatic nitrogens is 5. The number of nitrogens with zero attached hydrogens (tertiary/aromatic N) is 6. The molecule has 15 heteroatoms. The average molecular weight is 534 g/mol. The highest BCUT2D eigenvalue weighted by atomic mass is 19.4. The van der Waals surface area contributed by atoms with E-state index in [4.69, 9.17) is 15.0 Å². The van der Waals surface area contributed by atoms with Crippen LogP contribution in [0.4, 0.5) is 23.4 Å². The summed E-state index contributed by atoms with van der Waals surface area (Å²) in [5.74, 6) is -0.513. The fourth-order valence-electron chi connectivity index (χ4n) is 4.48. The van der Waals surface area contributed by atoms with Gasteiger partial charge in [0.1, 0.15) is 29.3 Å². The third kappa shape index (κ3) is 4.71. The number of nitrogens with one attached hydrogen (secondary N) is 1. The Bertz CT molecular complexity index is 1500. The van der Waals surface area contributed by atoms with Crippen LogP contribution in [0.1, 0.15) is 27.4 Å². The van der Waals surface area contributed by atoms with Crippen molar-refractivity contribution in [1.82, 2.24) is 35.0 Å². The number of fused-ring (bicyclic) bond motifs is 1. The van der Waals surface area contributed by atoms with Crippen LogP contribution >= 0.6 is 0 Å². The second-order valence-corrected chi connectivity index (χ2v) is 8.85. The molecule has 4 aromatic heterocycles. The largest absolute Gasteiger partial charge is 0.480 e. The third-order valence-corrected chi connectivity index (χ3v) is 6.18. The molecular weight excluding hydrogens is 512 g/mol. The predicted octanol–water partition coefficient (Wildman–Crippen LogP) is 2.65. The standard InChI is InChI=1S/C23H22F4N8O3/c1-11-3-13(33-38-11)7-34-8-16(24)17(9-34)32-21(36)14-4-12(6-29-22(14)37-2)18-5-15(23(25,26)27)19-20(28)30-10-31-35(18)19/h3-6,10,16-17H,7-9H2,1-2H3,(H,32,36)(H2,28,30,31). The molecule has 0 spiro atoms. The van der Waals surface area contributed by atoms with Crippen molar-refractivity contribution in [3.8, 4) is 17.1 Å². The number of carbonyl (C=O) groups is 1. The van der Waals surface area contributed by atoms with E-state index in [-0.39, 0.29) is 41.6 Å². The molecule has 0 aromatic carbocycles. The van der Waals surface area contributed by atoms with E-state index in [1.807, 2.05) is 0 Å². The Morgan fingerprint density at radius 1 is 1.26 bits per heavy atom. The van der Waals surface area contributed by atoms with Crippen molar-refractivity contribution in [2.45, 2.75) is 31.9 Å². The number of rotatable bonds is 6. The monoisotopic (exact) mass is 534 g/mol. The Kier molecular flexibility index (Phi) is 6.38. The van der Waals surface area contributed by atoms with Crippen LogP contribution in [-0.2, 0) is 12.7 Å². The second-order valence-electron chi connectivity index (χ2n) is 8.85. The minimum Gasteiger partial charge on any atom is -0.480 e. The highest BCUT2D eigenvalue weighted by Gasteiger charge is 2.37. The summed E-state index contributed by atoms with van der Waals surface area (Å²) < 4.78 is 67.1. The number of nitrogen functional groups attached to an aromatic ring is 1. The number of alkyl halides is 4. The van der Waals surface area contributed by atoms with Gasteiger partial charge in [-0.05, 0) is 19.1 Å². The molecule has 1 fully saturated rings. The maximum atomic E-state index is 14.8. The lowest BCUT2D eigenvalue weighted by atomic mass is 10.1. The zero-order valence-electron chi connectivity index (χ0n) is 20.2. The van der Waals surface area contributed by atoms with Crippen molar-refractivity contribution >= 4 is 17.2 Å². The molecule has 5 rings (SSSR count). The first-order valence-corrected chi connectivity index (χ1v) is 11.4. The summed E-state index contributed by atoms with van der Waals surface area (Å²) in [6, 6.07) is 3.06.